The second-order valence-electron chi connectivity index (χ2n) is 9.39. The predicted molar refractivity (Wildman–Crippen MR) is 131 cm³/mol. The molecule has 0 amide bonds. The van der Waals surface area contributed by atoms with Crippen molar-refractivity contribution in [3.05, 3.63) is 88.5 Å². The van der Waals surface area contributed by atoms with Gasteiger partial charge in [-0.15, -0.1) is 0 Å². The minimum absolute atomic E-state index is 0.0952. The molecule has 34 heavy (non-hydrogen) atoms. The molecule has 0 aliphatic carbocycles. The standard InChI is InChI=1S/C28H31N5O/c1-22-31-18-27(33(22)19-24-8-6-23(16-29)7-9-24)20-32-12-10-28(11-13-32,21-34-2)15-25-4-3-5-26(14-25)17-30/h3-9,14,18H,10-13,15,19-21H2,1-2H3. The third-order valence-corrected chi connectivity index (χ3v) is 6.95. The third-order valence-electron chi connectivity index (χ3n) is 6.95. The molecule has 0 N–H and O–H groups in total. The van der Waals surface area contributed by atoms with Gasteiger partial charge in [-0.25, -0.2) is 4.98 Å². The quantitative estimate of drug-likeness (QED) is 0.503. The number of hydrogen-bond acceptors (Lipinski definition) is 5. The van der Waals surface area contributed by atoms with Crippen LogP contribution in [0.5, 0.6) is 0 Å². The normalized spacial score (nSPS) is 15.5. The molecule has 0 bridgehead atoms. The summed E-state index contributed by atoms with van der Waals surface area (Å²) in [5.74, 6) is 1.00. The number of methoxy groups -OCH3 is 1. The summed E-state index contributed by atoms with van der Waals surface area (Å²) < 4.78 is 7.92. The van der Waals surface area contributed by atoms with Crippen LogP contribution in [0, 0.1) is 35.0 Å². The molecule has 0 unspecified atom stereocenters. The summed E-state index contributed by atoms with van der Waals surface area (Å²) in [6, 6.07) is 20.2. The molecule has 0 atom stereocenters. The van der Waals surface area contributed by atoms with E-state index in [2.05, 4.69) is 32.7 Å². The molecule has 3 aromatic rings. The van der Waals surface area contributed by atoms with Gasteiger partial charge in [0.2, 0.25) is 0 Å². The fourth-order valence-electron chi connectivity index (χ4n) is 5.00. The van der Waals surface area contributed by atoms with E-state index in [-0.39, 0.29) is 5.41 Å². The summed E-state index contributed by atoms with van der Waals surface area (Å²) >= 11 is 0. The number of aryl methyl sites for hydroxylation is 1. The maximum Gasteiger partial charge on any atom is 0.106 e. The number of hydrogen-bond donors (Lipinski definition) is 0. The molecule has 6 nitrogen and oxygen atoms in total. The second kappa shape index (κ2) is 10.7. The number of piperidine rings is 1. The fraction of sp³-hybridized carbons (Fsp3) is 0.393. The lowest BCUT2D eigenvalue weighted by molar-refractivity contribution is 0.0189. The first-order valence-electron chi connectivity index (χ1n) is 11.7. The molecular formula is C28H31N5O. The number of ether oxygens (including phenoxy) is 1. The summed E-state index contributed by atoms with van der Waals surface area (Å²) in [5.41, 5.74) is 5.08. The Morgan fingerprint density at radius 1 is 0.971 bits per heavy atom. The van der Waals surface area contributed by atoms with Crippen LogP contribution in [0.3, 0.4) is 0 Å². The summed E-state index contributed by atoms with van der Waals surface area (Å²) in [5, 5.41) is 18.3. The van der Waals surface area contributed by atoms with Crippen molar-refractivity contribution in [2.75, 3.05) is 26.8 Å². The lowest BCUT2D eigenvalue weighted by atomic mass is 9.74. The van der Waals surface area contributed by atoms with Crippen molar-refractivity contribution in [2.24, 2.45) is 5.41 Å². The number of nitrogens with zero attached hydrogens (tertiary/aromatic N) is 5. The van der Waals surface area contributed by atoms with Gasteiger partial charge in [0.15, 0.2) is 0 Å². The average molecular weight is 454 g/mol. The van der Waals surface area contributed by atoms with E-state index in [4.69, 9.17) is 10.00 Å². The van der Waals surface area contributed by atoms with E-state index in [1.165, 1.54) is 16.8 Å². The van der Waals surface area contributed by atoms with Gasteiger partial charge in [-0.3, -0.25) is 4.90 Å². The number of imidazole rings is 1. The highest BCUT2D eigenvalue weighted by atomic mass is 16.5. The van der Waals surface area contributed by atoms with Crippen molar-refractivity contribution in [2.45, 2.75) is 39.3 Å². The Kier molecular flexibility index (Phi) is 7.43. The molecule has 1 aliphatic rings. The van der Waals surface area contributed by atoms with Gasteiger partial charge in [0.1, 0.15) is 5.82 Å². The Bertz CT molecular complexity index is 1190. The van der Waals surface area contributed by atoms with Gasteiger partial charge in [-0.2, -0.15) is 10.5 Å². The van der Waals surface area contributed by atoms with Gasteiger partial charge in [0.05, 0.1) is 35.6 Å². The smallest absolute Gasteiger partial charge is 0.106 e. The van der Waals surface area contributed by atoms with Crippen molar-refractivity contribution in [3.63, 3.8) is 0 Å². The van der Waals surface area contributed by atoms with Crippen LogP contribution in [0.15, 0.2) is 54.7 Å². The van der Waals surface area contributed by atoms with Crippen molar-refractivity contribution < 1.29 is 4.74 Å². The highest BCUT2D eigenvalue weighted by molar-refractivity contribution is 5.33. The molecule has 1 aliphatic heterocycles. The Balaban J connectivity index is 1.42. The summed E-state index contributed by atoms with van der Waals surface area (Å²) in [6.45, 7) is 6.40. The molecular weight excluding hydrogens is 422 g/mol. The van der Waals surface area contributed by atoms with Crippen LogP contribution in [-0.4, -0.2) is 41.3 Å². The highest BCUT2D eigenvalue weighted by Crippen LogP contribution is 2.36. The van der Waals surface area contributed by atoms with E-state index >= 15 is 0 Å². The molecule has 1 fully saturated rings. The van der Waals surface area contributed by atoms with Gasteiger partial charge in [-0.05, 0) is 74.7 Å². The first-order valence-corrected chi connectivity index (χ1v) is 11.7. The number of likely N-dealkylation sites (tertiary alicyclic amines) is 1. The number of nitriles is 2. The van der Waals surface area contributed by atoms with Gasteiger partial charge >= 0.3 is 0 Å². The van der Waals surface area contributed by atoms with Gasteiger partial charge in [0, 0.05) is 31.8 Å². The fourth-order valence-corrected chi connectivity index (χ4v) is 5.00. The van der Waals surface area contributed by atoms with Crippen molar-refractivity contribution in [1.29, 1.82) is 10.5 Å². The minimum Gasteiger partial charge on any atom is -0.384 e. The van der Waals surface area contributed by atoms with E-state index in [0.29, 0.717) is 11.1 Å². The van der Waals surface area contributed by atoms with Crippen LogP contribution in [-0.2, 0) is 24.2 Å². The molecule has 0 radical (unpaired) electrons. The van der Waals surface area contributed by atoms with E-state index in [1.807, 2.05) is 55.6 Å². The van der Waals surface area contributed by atoms with E-state index < -0.39 is 0 Å². The first kappa shape index (κ1) is 23.7. The highest BCUT2D eigenvalue weighted by Gasteiger charge is 2.35. The van der Waals surface area contributed by atoms with Crippen LogP contribution in [0.1, 0.15) is 46.6 Å². The van der Waals surface area contributed by atoms with Crippen LogP contribution in [0.25, 0.3) is 0 Å². The first-order chi connectivity index (χ1) is 16.5. The average Bonchev–Trinajstić information content (AvgIpc) is 3.20. The van der Waals surface area contributed by atoms with E-state index in [9.17, 15) is 5.26 Å². The van der Waals surface area contributed by atoms with Crippen molar-refractivity contribution >= 4 is 0 Å². The van der Waals surface area contributed by atoms with Crippen molar-refractivity contribution in [3.8, 4) is 12.1 Å². The SMILES string of the molecule is COCC1(Cc2cccc(C#N)c2)CCN(Cc2cnc(C)n2Cc2ccc(C#N)cc2)CC1. The van der Waals surface area contributed by atoms with Gasteiger partial charge in [0.25, 0.3) is 0 Å². The van der Waals surface area contributed by atoms with Crippen LogP contribution >= 0.6 is 0 Å². The molecule has 1 aromatic heterocycles. The Morgan fingerprint density at radius 3 is 2.38 bits per heavy atom. The summed E-state index contributed by atoms with van der Waals surface area (Å²) in [7, 11) is 1.78. The zero-order valence-corrected chi connectivity index (χ0v) is 20.0. The van der Waals surface area contributed by atoms with E-state index in [0.717, 1.165) is 57.9 Å². The molecule has 2 heterocycles. The second-order valence-corrected chi connectivity index (χ2v) is 9.39. The Hall–Kier alpha value is -3.45. The molecule has 0 spiro atoms. The number of benzene rings is 2. The van der Waals surface area contributed by atoms with Crippen LogP contribution in [0.4, 0.5) is 0 Å². The molecule has 6 heteroatoms. The minimum atomic E-state index is 0.0952. The summed E-state index contributed by atoms with van der Waals surface area (Å²) in [4.78, 5) is 7.09. The molecule has 4 rings (SSSR count). The third kappa shape index (κ3) is 5.54. The number of aromatic nitrogens is 2. The monoisotopic (exact) mass is 453 g/mol. The van der Waals surface area contributed by atoms with E-state index in [1.54, 1.807) is 7.11 Å². The maximum absolute atomic E-state index is 9.25. The zero-order valence-electron chi connectivity index (χ0n) is 20.0. The molecule has 0 saturated carbocycles. The van der Waals surface area contributed by atoms with Gasteiger partial charge < -0.3 is 9.30 Å². The lowest BCUT2D eigenvalue weighted by Gasteiger charge is -2.41. The van der Waals surface area contributed by atoms with Crippen LogP contribution < -0.4 is 0 Å². The van der Waals surface area contributed by atoms with Gasteiger partial charge in [-0.1, -0.05) is 24.3 Å². The lowest BCUT2D eigenvalue weighted by Crippen LogP contribution is -2.43. The predicted octanol–water partition coefficient (Wildman–Crippen LogP) is 4.45. The van der Waals surface area contributed by atoms with Crippen LogP contribution in [0.2, 0.25) is 0 Å². The number of rotatable bonds is 8. The maximum atomic E-state index is 9.25. The topological polar surface area (TPSA) is 77.9 Å². The summed E-state index contributed by atoms with van der Waals surface area (Å²) in [6.07, 6.45) is 5.03. The van der Waals surface area contributed by atoms with Crippen molar-refractivity contribution in [1.82, 2.24) is 14.5 Å². The Labute approximate surface area is 202 Å². The molecule has 1 saturated heterocycles. The Morgan fingerprint density at radius 2 is 1.71 bits per heavy atom. The largest absolute Gasteiger partial charge is 0.384 e. The zero-order chi connectivity index (χ0) is 24.0. The molecule has 174 valence electrons. The molecule has 2 aromatic carbocycles.